The molecule has 0 N–H and O–H groups in total. The van der Waals surface area contributed by atoms with E-state index in [4.69, 9.17) is 0 Å². The van der Waals surface area contributed by atoms with E-state index in [0.717, 1.165) is 25.7 Å². The van der Waals surface area contributed by atoms with E-state index in [0.29, 0.717) is 0 Å². The zero-order chi connectivity index (χ0) is 36.4. The first-order valence-corrected chi connectivity index (χ1v) is 19.4. The predicted octanol–water partition coefficient (Wildman–Crippen LogP) is 14.1. The van der Waals surface area contributed by atoms with E-state index in [9.17, 15) is 0 Å². The second-order valence-corrected chi connectivity index (χ2v) is 14.4. The first kappa shape index (κ1) is 33.5. The van der Waals surface area contributed by atoms with Crippen molar-refractivity contribution < 1.29 is 0 Å². The third-order valence-corrected chi connectivity index (χ3v) is 10.8. The van der Waals surface area contributed by atoms with Crippen LogP contribution in [0.3, 0.4) is 0 Å². The lowest BCUT2D eigenvalue weighted by atomic mass is 10.0. The van der Waals surface area contributed by atoms with Crippen LogP contribution in [-0.2, 0) is 12.8 Å². The number of hydrogen-bond acceptors (Lipinski definition) is 0. The maximum absolute atomic E-state index is 2.45. The third kappa shape index (κ3) is 6.35. The minimum Gasteiger partial charge on any atom is -0.309 e. The number of benzene rings is 7. The standard InChI is InChI=1S/C52H44N2/c1-3-11-37-17-29-47(30-18-37)53-49(43-25-21-41(22-26-43)39-13-7-5-8-14-39)33-45-36-52-46(35-51(45)53)34-50(54(52)48-31-19-38(12-4-2)20-32-48)44-27-23-42(24-28-44)40-15-9-6-10-16-40/h5-10,13-36H,3-4,11-12H2,1-2H3. The molecular formula is C52H44N2. The van der Waals surface area contributed by atoms with Crippen LogP contribution < -0.4 is 0 Å². The maximum Gasteiger partial charge on any atom is 0.0542 e. The lowest BCUT2D eigenvalue weighted by Gasteiger charge is -2.14. The van der Waals surface area contributed by atoms with Crippen LogP contribution in [0.5, 0.6) is 0 Å². The van der Waals surface area contributed by atoms with Gasteiger partial charge in [0.2, 0.25) is 0 Å². The van der Waals surface area contributed by atoms with E-state index in [2.05, 4.69) is 205 Å². The van der Waals surface area contributed by atoms with E-state index in [1.165, 1.54) is 89.1 Å². The van der Waals surface area contributed by atoms with Crippen molar-refractivity contribution in [1.82, 2.24) is 9.13 Å². The second kappa shape index (κ2) is 14.6. The van der Waals surface area contributed by atoms with E-state index < -0.39 is 0 Å². The zero-order valence-electron chi connectivity index (χ0n) is 31.0. The summed E-state index contributed by atoms with van der Waals surface area (Å²) in [6.45, 7) is 4.49. The minimum atomic E-state index is 1.09. The topological polar surface area (TPSA) is 9.86 Å². The van der Waals surface area contributed by atoms with Crippen LogP contribution in [-0.4, -0.2) is 9.13 Å². The molecule has 0 atom stereocenters. The Bertz CT molecular complexity index is 2470. The van der Waals surface area contributed by atoms with Gasteiger partial charge in [-0.1, -0.05) is 160 Å². The zero-order valence-corrected chi connectivity index (χ0v) is 31.0. The Morgan fingerprint density at radius 1 is 0.333 bits per heavy atom. The summed E-state index contributed by atoms with van der Waals surface area (Å²) >= 11 is 0. The van der Waals surface area contributed by atoms with Gasteiger partial charge < -0.3 is 9.13 Å². The van der Waals surface area contributed by atoms with Crippen LogP contribution >= 0.6 is 0 Å². The number of nitrogens with zero attached hydrogens (tertiary/aromatic N) is 2. The van der Waals surface area contributed by atoms with Gasteiger partial charge in [0.25, 0.3) is 0 Å². The highest BCUT2D eigenvalue weighted by Gasteiger charge is 2.19. The highest BCUT2D eigenvalue weighted by Crippen LogP contribution is 2.39. The van der Waals surface area contributed by atoms with Gasteiger partial charge in [-0.3, -0.25) is 0 Å². The molecule has 0 bridgehead atoms. The Kier molecular flexibility index (Phi) is 9.02. The Labute approximate surface area is 318 Å². The van der Waals surface area contributed by atoms with Crippen molar-refractivity contribution in [3.63, 3.8) is 0 Å². The largest absolute Gasteiger partial charge is 0.309 e. The molecule has 0 saturated heterocycles. The van der Waals surface area contributed by atoms with Gasteiger partial charge in [-0.05, 0) is 106 Å². The Morgan fingerprint density at radius 3 is 1.02 bits per heavy atom. The van der Waals surface area contributed by atoms with E-state index in [1.54, 1.807) is 0 Å². The molecule has 0 saturated carbocycles. The molecule has 0 amide bonds. The van der Waals surface area contributed by atoms with Crippen molar-refractivity contribution in [2.24, 2.45) is 0 Å². The first-order valence-electron chi connectivity index (χ1n) is 19.4. The summed E-state index contributed by atoms with van der Waals surface area (Å²) in [5, 5.41) is 2.44. The Balaban J connectivity index is 1.23. The Morgan fingerprint density at radius 2 is 0.667 bits per heavy atom. The van der Waals surface area contributed by atoms with Crippen molar-refractivity contribution >= 4 is 21.8 Å². The number of fused-ring (bicyclic) bond motifs is 2. The minimum absolute atomic E-state index is 1.09. The summed E-state index contributed by atoms with van der Waals surface area (Å²) in [6, 6.07) is 67.2. The van der Waals surface area contributed by atoms with Gasteiger partial charge in [0, 0.05) is 22.1 Å². The summed E-state index contributed by atoms with van der Waals surface area (Å²) < 4.78 is 4.90. The molecular weight excluding hydrogens is 653 g/mol. The molecule has 2 aromatic heterocycles. The molecule has 0 radical (unpaired) electrons. The molecule has 0 unspecified atom stereocenters. The van der Waals surface area contributed by atoms with Crippen LogP contribution in [0.2, 0.25) is 0 Å². The van der Waals surface area contributed by atoms with Gasteiger partial charge in [-0.15, -0.1) is 0 Å². The summed E-state index contributed by atoms with van der Waals surface area (Å²) in [7, 11) is 0. The van der Waals surface area contributed by atoms with Gasteiger partial charge in [0.1, 0.15) is 0 Å². The fourth-order valence-electron chi connectivity index (χ4n) is 8.02. The summed E-state index contributed by atoms with van der Waals surface area (Å²) in [4.78, 5) is 0. The lowest BCUT2D eigenvalue weighted by molar-refractivity contribution is 0.920. The molecule has 2 heteroatoms. The van der Waals surface area contributed by atoms with Crippen molar-refractivity contribution in [3.8, 4) is 56.1 Å². The molecule has 0 aliphatic carbocycles. The molecule has 7 aromatic carbocycles. The number of aromatic nitrogens is 2. The predicted molar refractivity (Wildman–Crippen MR) is 230 cm³/mol. The number of rotatable bonds is 10. The van der Waals surface area contributed by atoms with Crippen molar-refractivity contribution in [3.05, 3.63) is 193 Å². The van der Waals surface area contributed by atoms with E-state index in [-0.39, 0.29) is 0 Å². The van der Waals surface area contributed by atoms with Crippen LogP contribution in [0.25, 0.3) is 77.9 Å². The van der Waals surface area contributed by atoms with Gasteiger partial charge in [-0.2, -0.15) is 0 Å². The van der Waals surface area contributed by atoms with Crippen LogP contribution in [0, 0.1) is 0 Å². The molecule has 262 valence electrons. The average Bonchev–Trinajstić information content (AvgIpc) is 3.80. The highest BCUT2D eigenvalue weighted by molar-refractivity contribution is 6.02. The quantitative estimate of drug-likeness (QED) is 0.135. The monoisotopic (exact) mass is 696 g/mol. The molecule has 0 aliphatic heterocycles. The molecule has 54 heavy (non-hydrogen) atoms. The molecule has 9 rings (SSSR count). The normalized spacial score (nSPS) is 11.4. The van der Waals surface area contributed by atoms with Crippen LogP contribution in [0.4, 0.5) is 0 Å². The van der Waals surface area contributed by atoms with Gasteiger partial charge >= 0.3 is 0 Å². The molecule has 0 spiro atoms. The SMILES string of the molecule is CCCc1ccc(-n2c(-c3ccc(-c4ccccc4)cc3)cc3cc4c(cc(-c5ccc(-c6ccccc6)cc5)n4-c4ccc(CCC)cc4)cc32)cc1. The van der Waals surface area contributed by atoms with Gasteiger partial charge in [0.05, 0.1) is 22.4 Å². The van der Waals surface area contributed by atoms with E-state index in [1.807, 2.05) is 0 Å². The average molecular weight is 697 g/mol. The fraction of sp³-hybridized carbons (Fsp3) is 0.115. The molecule has 2 heterocycles. The summed E-state index contributed by atoms with van der Waals surface area (Å²) in [5.74, 6) is 0. The third-order valence-electron chi connectivity index (χ3n) is 10.8. The summed E-state index contributed by atoms with van der Waals surface area (Å²) in [5.41, 5.74) is 17.2. The maximum atomic E-state index is 2.45. The number of hydrogen-bond donors (Lipinski definition) is 0. The fourth-order valence-corrected chi connectivity index (χ4v) is 8.02. The van der Waals surface area contributed by atoms with Gasteiger partial charge in [-0.25, -0.2) is 0 Å². The number of aryl methyl sites for hydroxylation is 2. The van der Waals surface area contributed by atoms with Crippen molar-refractivity contribution in [1.29, 1.82) is 0 Å². The Hall–Kier alpha value is -6.38. The van der Waals surface area contributed by atoms with Crippen molar-refractivity contribution in [2.75, 3.05) is 0 Å². The molecule has 9 aromatic rings. The summed E-state index contributed by atoms with van der Waals surface area (Å²) in [6.07, 6.45) is 4.45. The van der Waals surface area contributed by atoms with Crippen LogP contribution in [0.1, 0.15) is 37.8 Å². The van der Waals surface area contributed by atoms with Crippen LogP contribution in [0.15, 0.2) is 182 Å². The second-order valence-electron chi connectivity index (χ2n) is 14.4. The smallest absolute Gasteiger partial charge is 0.0542 e. The molecule has 2 nitrogen and oxygen atoms in total. The molecule has 0 fully saturated rings. The van der Waals surface area contributed by atoms with Gasteiger partial charge in [0.15, 0.2) is 0 Å². The van der Waals surface area contributed by atoms with E-state index >= 15 is 0 Å². The van der Waals surface area contributed by atoms with Crippen molar-refractivity contribution in [2.45, 2.75) is 39.5 Å². The highest BCUT2D eigenvalue weighted by atomic mass is 15.0. The molecule has 0 aliphatic rings. The lowest BCUT2D eigenvalue weighted by Crippen LogP contribution is -1.98. The first-order chi connectivity index (χ1) is 26.7.